The zero-order valence-electron chi connectivity index (χ0n) is 32.0. The van der Waals surface area contributed by atoms with Gasteiger partial charge >= 0.3 is 0 Å². The Kier molecular flexibility index (Phi) is 13.5. The van der Waals surface area contributed by atoms with Gasteiger partial charge in [0.2, 0.25) is 0 Å². The summed E-state index contributed by atoms with van der Waals surface area (Å²) in [6.45, 7) is 11.6. The summed E-state index contributed by atoms with van der Waals surface area (Å²) in [4.78, 5) is 0. The maximum Gasteiger partial charge on any atom is 0.161 e. The topological polar surface area (TPSA) is 36.9 Å². The average Bonchev–Trinajstić information content (AvgIpc) is 3.18. The summed E-state index contributed by atoms with van der Waals surface area (Å²) in [5.41, 5.74) is 2.33. The molecule has 4 nitrogen and oxygen atoms in total. The SMILES string of the molecule is CCCCCOc1cc(-c2ccc3ccccc3c2)c2c(c1)c1cc(OCCCCC)c(OCCCCC)cc1c1c(OCCCCC)cccc12. The maximum atomic E-state index is 6.66. The Bertz CT molecular complexity index is 2060. The van der Waals surface area contributed by atoms with Crippen LogP contribution in [-0.2, 0) is 0 Å². The molecular formula is C48H58O4. The van der Waals surface area contributed by atoms with Gasteiger partial charge in [-0.2, -0.15) is 0 Å². The van der Waals surface area contributed by atoms with Crippen LogP contribution in [-0.4, -0.2) is 26.4 Å². The standard InChI is InChI=1S/C48H58O4/c1-5-9-15-26-49-38-31-40(37-25-24-35-20-13-14-21-36(35)30-37)47-39-22-19-23-44(50-27-16-10-6-2)48(39)43-34-46(52-29-18-12-8-4)45(51-28-17-11-7-3)33-41(43)42(47)32-38/h13-14,19-25,30-34H,5-12,15-18,26-29H2,1-4H3. The Morgan fingerprint density at radius 2 is 0.942 bits per heavy atom. The van der Waals surface area contributed by atoms with Gasteiger partial charge < -0.3 is 18.9 Å². The van der Waals surface area contributed by atoms with Crippen LogP contribution in [0.5, 0.6) is 23.0 Å². The monoisotopic (exact) mass is 698 g/mol. The third-order valence-corrected chi connectivity index (χ3v) is 10.1. The quantitative estimate of drug-likeness (QED) is 0.0554. The molecule has 52 heavy (non-hydrogen) atoms. The molecule has 0 atom stereocenters. The Labute approximate surface area is 311 Å². The van der Waals surface area contributed by atoms with Gasteiger partial charge in [0.15, 0.2) is 11.5 Å². The molecule has 6 aromatic rings. The molecule has 0 unspecified atom stereocenters. The van der Waals surface area contributed by atoms with Gasteiger partial charge in [0, 0.05) is 5.39 Å². The molecule has 4 heteroatoms. The minimum atomic E-state index is 0.663. The summed E-state index contributed by atoms with van der Waals surface area (Å²) in [6, 6.07) is 30.9. The van der Waals surface area contributed by atoms with Gasteiger partial charge in [-0.3, -0.25) is 0 Å². The Balaban J connectivity index is 1.64. The molecule has 0 saturated carbocycles. The van der Waals surface area contributed by atoms with Gasteiger partial charge in [0.05, 0.1) is 26.4 Å². The van der Waals surface area contributed by atoms with Crippen molar-refractivity contribution in [2.75, 3.05) is 26.4 Å². The van der Waals surface area contributed by atoms with Crippen LogP contribution in [0.1, 0.15) is 105 Å². The Morgan fingerprint density at radius 3 is 1.58 bits per heavy atom. The molecule has 0 radical (unpaired) electrons. The fourth-order valence-electron chi connectivity index (χ4n) is 7.28. The van der Waals surface area contributed by atoms with Crippen LogP contribution in [0, 0.1) is 0 Å². The van der Waals surface area contributed by atoms with Crippen LogP contribution in [0.15, 0.2) is 84.9 Å². The summed E-state index contributed by atoms with van der Waals surface area (Å²) in [7, 11) is 0. The van der Waals surface area contributed by atoms with Gasteiger partial charge in [-0.25, -0.2) is 0 Å². The summed E-state index contributed by atoms with van der Waals surface area (Å²) < 4.78 is 26.4. The van der Waals surface area contributed by atoms with Crippen molar-refractivity contribution in [3.05, 3.63) is 84.9 Å². The zero-order valence-corrected chi connectivity index (χ0v) is 32.0. The lowest BCUT2D eigenvalue weighted by atomic mass is 9.88. The fourth-order valence-corrected chi connectivity index (χ4v) is 7.28. The molecule has 0 aliphatic carbocycles. The zero-order chi connectivity index (χ0) is 36.1. The normalized spacial score (nSPS) is 11.5. The smallest absolute Gasteiger partial charge is 0.161 e. The summed E-state index contributed by atoms with van der Waals surface area (Å²) in [6.07, 6.45) is 13.3. The van der Waals surface area contributed by atoms with E-state index in [1.54, 1.807) is 0 Å². The summed E-state index contributed by atoms with van der Waals surface area (Å²) in [5, 5.41) is 9.34. The van der Waals surface area contributed by atoms with E-state index >= 15 is 0 Å². The van der Waals surface area contributed by atoms with Gasteiger partial charge in [0.1, 0.15) is 11.5 Å². The lowest BCUT2D eigenvalue weighted by Crippen LogP contribution is -2.04. The number of hydrogen-bond donors (Lipinski definition) is 0. The molecule has 274 valence electrons. The van der Waals surface area contributed by atoms with E-state index in [2.05, 4.69) is 113 Å². The number of rotatable bonds is 21. The Hall–Kier alpha value is -4.44. The molecule has 0 saturated heterocycles. The highest BCUT2D eigenvalue weighted by Crippen LogP contribution is 2.48. The largest absolute Gasteiger partial charge is 0.494 e. The van der Waals surface area contributed by atoms with Gasteiger partial charge in [-0.15, -0.1) is 0 Å². The first-order valence-electron chi connectivity index (χ1n) is 20.2. The van der Waals surface area contributed by atoms with Crippen molar-refractivity contribution in [3.8, 4) is 34.1 Å². The van der Waals surface area contributed by atoms with Crippen molar-refractivity contribution in [2.45, 2.75) is 105 Å². The third-order valence-electron chi connectivity index (χ3n) is 10.1. The molecule has 6 rings (SSSR count). The Morgan fingerprint density at radius 1 is 0.385 bits per heavy atom. The molecule has 0 fully saturated rings. The predicted molar refractivity (Wildman–Crippen MR) is 222 cm³/mol. The molecule has 0 heterocycles. The van der Waals surface area contributed by atoms with E-state index in [0.717, 1.165) is 127 Å². The lowest BCUT2D eigenvalue weighted by Gasteiger charge is -2.21. The van der Waals surface area contributed by atoms with E-state index in [9.17, 15) is 0 Å². The van der Waals surface area contributed by atoms with Gasteiger partial charge in [-0.05, 0) is 111 Å². The van der Waals surface area contributed by atoms with Gasteiger partial charge in [-0.1, -0.05) is 128 Å². The molecule has 6 aromatic carbocycles. The highest BCUT2D eigenvalue weighted by Gasteiger charge is 2.21. The predicted octanol–water partition coefficient (Wildman–Crippen LogP) is 14.2. The second-order valence-electron chi connectivity index (χ2n) is 14.2. The van der Waals surface area contributed by atoms with Crippen molar-refractivity contribution >= 4 is 43.1 Å². The summed E-state index contributed by atoms with van der Waals surface area (Å²) >= 11 is 0. The van der Waals surface area contributed by atoms with E-state index in [4.69, 9.17) is 18.9 Å². The number of benzene rings is 6. The highest BCUT2D eigenvalue weighted by molar-refractivity contribution is 6.30. The van der Waals surface area contributed by atoms with Gasteiger partial charge in [0.25, 0.3) is 0 Å². The van der Waals surface area contributed by atoms with Crippen LogP contribution in [0.2, 0.25) is 0 Å². The number of hydrogen-bond acceptors (Lipinski definition) is 4. The first-order valence-corrected chi connectivity index (χ1v) is 20.2. The van der Waals surface area contributed by atoms with Crippen molar-refractivity contribution in [1.29, 1.82) is 0 Å². The minimum Gasteiger partial charge on any atom is -0.494 e. The molecule has 0 aliphatic heterocycles. The number of unbranched alkanes of at least 4 members (excludes halogenated alkanes) is 8. The average molecular weight is 699 g/mol. The van der Waals surface area contributed by atoms with Crippen molar-refractivity contribution in [3.63, 3.8) is 0 Å². The van der Waals surface area contributed by atoms with Crippen molar-refractivity contribution in [2.24, 2.45) is 0 Å². The van der Waals surface area contributed by atoms with E-state index in [0.29, 0.717) is 26.4 Å². The first-order chi connectivity index (χ1) is 25.7. The molecule has 0 aromatic heterocycles. The molecular weight excluding hydrogens is 641 g/mol. The number of fused-ring (bicyclic) bond motifs is 7. The maximum absolute atomic E-state index is 6.66. The number of ether oxygens (including phenoxy) is 4. The molecule has 0 spiro atoms. The van der Waals surface area contributed by atoms with E-state index in [1.807, 2.05) is 0 Å². The van der Waals surface area contributed by atoms with E-state index < -0.39 is 0 Å². The highest BCUT2D eigenvalue weighted by atomic mass is 16.5. The molecule has 0 amide bonds. The third kappa shape index (κ3) is 8.77. The van der Waals surface area contributed by atoms with Crippen LogP contribution in [0.4, 0.5) is 0 Å². The van der Waals surface area contributed by atoms with Crippen LogP contribution >= 0.6 is 0 Å². The second-order valence-corrected chi connectivity index (χ2v) is 14.2. The van der Waals surface area contributed by atoms with Crippen molar-refractivity contribution in [1.82, 2.24) is 0 Å². The fraction of sp³-hybridized carbons (Fsp3) is 0.417. The van der Waals surface area contributed by atoms with Crippen LogP contribution in [0.25, 0.3) is 54.2 Å². The molecule has 0 aliphatic rings. The molecule has 0 N–H and O–H groups in total. The van der Waals surface area contributed by atoms with Crippen LogP contribution < -0.4 is 18.9 Å². The molecule has 0 bridgehead atoms. The van der Waals surface area contributed by atoms with E-state index in [-0.39, 0.29) is 0 Å². The van der Waals surface area contributed by atoms with E-state index in [1.165, 1.54) is 27.1 Å². The van der Waals surface area contributed by atoms with Crippen LogP contribution in [0.3, 0.4) is 0 Å². The lowest BCUT2D eigenvalue weighted by molar-refractivity contribution is 0.260. The summed E-state index contributed by atoms with van der Waals surface area (Å²) in [5.74, 6) is 3.43. The van der Waals surface area contributed by atoms with Crippen molar-refractivity contribution < 1.29 is 18.9 Å². The minimum absolute atomic E-state index is 0.663. The second kappa shape index (κ2) is 18.9. The first kappa shape index (κ1) is 37.3.